The average molecular weight is 847 g/mol. The number of rotatable bonds is 4. The van der Waals surface area contributed by atoms with Crippen LogP contribution in [0.2, 0.25) is 0 Å². The number of hydrogen-bond acceptors (Lipinski definition) is 5. The molecule has 0 fully saturated rings. The van der Waals surface area contributed by atoms with E-state index in [0.29, 0.717) is 5.75 Å². The Morgan fingerprint density at radius 2 is 0.869 bits per heavy atom. The van der Waals surface area contributed by atoms with Gasteiger partial charge in [0, 0.05) is 39.3 Å². The van der Waals surface area contributed by atoms with E-state index < -0.39 is 14.3 Å². The Labute approximate surface area is 370 Å². The van der Waals surface area contributed by atoms with E-state index in [1.165, 1.54) is 38.9 Å². The lowest BCUT2D eigenvalue weighted by molar-refractivity contribution is -0.133. The van der Waals surface area contributed by atoms with Crippen molar-refractivity contribution in [1.82, 2.24) is 0 Å². The monoisotopic (exact) mass is 847 g/mol. The number of fused-ring (bicyclic) bond motifs is 3. The number of benzene rings is 4. The van der Waals surface area contributed by atoms with Gasteiger partial charge in [-0.25, -0.2) is 0 Å². The van der Waals surface area contributed by atoms with E-state index in [9.17, 15) is 4.79 Å². The Kier molecular flexibility index (Phi) is 11.8. The van der Waals surface area contributed by atoms with E-state index in [1.807, 2.05) is 0 Å². The Morgan fingerprint density at radius 1 is 0.508 bits per heavy atom. The summed E-state index contributed by atoms with van der Waals surface area (Å²) in [5.41, 5.74) is 12.5. The molecule has 6 heteroatoms. The summed E-state index contributed by atoms with van der Waals surface area (Å²) >= 11 is 0. The Hall–Kier alpha value is -3.82. The summed E-state index contributed by atoms with van der Waals surface area (Å²) in [6.07, 6.45) is 0.219. The molecular weight excluding hydrogens is 772 g/mol. The van der Waals surface area contributed by atoms with Gasteiger partial charge in [0.05, 0.1) is 0 Å². The molecule has 0 saturated heterocycles. The third-order valence-corrected chi connectivity index (χ3v) is 13.7. The number of carbonyl (C=O) groups is 1. The molecule has 0 N–H and O–H groups in total. The highest BCUT2D eigenvalue weighted by Gasteiger charge is 2.41. The van der Waals surface area contributed by atoms with Crippen molar-refractivity contribution in [1.29, 1.82) is 0 Å². The van der Waals surface area contributed by atoms with Gasteiger partial charge in [-0.05, 0) is 79.7 Å². The average Bonchev–Trinajstić information content (AvgIpc) is 3.42. The molecular formula is C55H75O5P. The van der Waals surface area contributed by atoms with Gasteiger partial charge in [0.15, 0.2) is 6.35 Å². The van der Waals surface area contributed by atoms with Crippen LogP contribution in [0.25, 0.3) is 0 Å². The molecule has 4 aromatic carbocycles. The fourth-order valence-electron chi connectivity index (χ4n) is 8.64. The molecule has 0 spiro atoms. The first kappa shape index (κ1) is 46.7. The van der Waals surface area contributed by atoms with E-state index in [4.69, 9.17) is 18.5 Å². The van der Waals surface area contributed by atoms with Gasteiger partial charge in [0.25, 0.3) is 0 Å². The summed E-state index contributed by atoms with van der Waals surface area (Å²) in [6.45, 7) is 47.0. The highest BCUT2D eigenvalue weighted by molar-refractivity contribution is 7.47. The highest BCUT2D eigenvalue weighted by atomic mass is 31.2. The van der Waals surface area contributed by atoms with Crippen molar-refractivity contribution in [3.05, 3.63) is 115 Å². The molecule has 1 atom stereocenters. The SMILES string of the molecule is Cc1cc(C2C(=O)Oc3c2cc(C(C)(C)C)cc3C(C)(C)C)cc(C)c1OCP1Oc2c(cc(C(C)(C)C)cc2C(C)(C)C)C(C)c2cc(C(C)(C)C)cc(C(C)(C)C)c2O1. The van der Waals surface area contributed by atoms with E-state index in [-0.39, 0.29) is 50.7 Å². The van der Waals surface area contributed by atoms with Gasteiger partial charge in [-0.3, -0.25) is 4.79 Å². The standard InChI is InChI=1S/C55H75O5P/c1-31-22-34(44-40-26-37(52(10,11)12)27-41(53(13,14)15)46(40)58-49(44)56)23-32(2)45(31)57-30-61-59-47-38(24-35(50(4,5)6)28-42(47)54(16,17)18)33(3)39-25-36(51(7,8)9)29-43(48(39)60-61)55(19,20)21/h22-29,33,44H,30H2,1-21H3. The molecule has 0 bridgehead atoms. The van der Waals surface area contributed by atoms with Crippen LogP contribution in [0.3, 0.4) is 0 Å². The summed E-state index contributed by atoms with van der Waals surface area (Å²) in [5, 5.41) is 0. The van der Waals surface area contributed by atoms with Crippen molar-refractivity contribution < 1.29 is 23.3 Å². The van der Waals surface area contributed by atoms with Crippen molar-refractivity contribution in [2.24, 2.45) is 0 Å². The Balaban J connectivity index is 1.47. The van der Waals surface area contributed by atoms with Crippen LogP contribution in [0.4, 0.5) is 0 Å². The lowest BCUT2D eigenvalue weighted by atomic mass is 9.74. The van der Waals surface area contributed by atoms with Crippen LogP contribution < -0.4 is 18.5 Å². The predicted octanol–water partition coefficient (Wildman–Crippen LogP) is 15.4. The first-order chi connectivity index (χ1) is 27.7. The molecule has 2 aliphatic heterocycles. The quantitative estimate of drug-likeness (QED) is 0.116. The molecule has 6 rings (SSSR count). The molecule has 5 nitrogen and oxygen atoms in total. The summed E-state index contributed by atoms with van der Waals surface area (Å²) in [7, 11) is -1.64. The number of hydrogen-bond donors (Lipinski definition) is 0. The molecule has 330 valence electrons. The zero-order valence-electron chi connectivity index (χ0n) is 41.5. The van der Waals surface area contributed by atoms with Crippen molar-refractivity contribution in [2.75, 3.05) is 6.35 Å². The fraction of sp³-hybridized carbons (Fsp3) is 0.545. The topological polar surface area (TPSA) is 54.0 Å². The summed E-state index contributed by atoms with van der Waals surface area (Å²) in [6, 6.07) is 18.1. The molecule has 0 saturated carbocycles. The van der Waals surface area contributed by atoms with Crippen LogP contribution in [0.5, 0.6) is 23.0 Å². The van der Waals surface area contributed by atoms with Crippen molar-refractivity contribution in [3.63, 3.8) is 0 Å². The molecule has 2 heterocycles. The second-order valence-electron chi connectivity index (χ2n) is 24.2. The lowest BCUT2D eigenvalue weighted by Gasteiger charge is -2.37. The normalized spacial score (nSPS) is 18.6. The van der Waals surface area contributed by atoms with E-state index >= 15 is 0 Å². The number of esters is 1. The smallest absolute Gasteiger partial charge is 0.331 e. The van der Waals surface area contributed by atoms with Crippen LogP contribution in [0.15, 0.2) is 48.5 Å². The Bertz CT molecular complexity index is 2250. The van der Waals surface area contributed by atoms with Crippen LogP contribution in [-0.2, 0) is 37.3 Å². The van der Waals surface area contributed by atoms with Crippen molar-refractivity contribution in [3.8, 4) is 23.0 Å². The number of aryl methyl sites for hydroxylation is 2. The largest absolute Gasteiger partial charge is 0.481 e. The maximum absolute atomic E-state index is 13.9. The van der Waals surface area contributed by atoms with Crippen LogP contribution in [0, 0.1) is 13.8 Å². The van der Waals surface area contributed by atoms with Crippen LogP contribution in [-0.4, -0.2) is 12.3 Å². The maximum atomic E-state index is 13.9. The van der Waals surface area contributed by atoms with Gasteiger partial charge < -0.3 is 18.5 Å². The summed E-state index contributed by atoms with van der Waals surface area (Å²) in [5.74, 6) is 2.53. The maximum Gasteiger partial charge on any atom is 0.331 e. The molecule has 1 unspecified atom stereocenters. The first-order valence-corrected chi connectivity index (χ1v) is 23.7. The second-order valence-corrected chi connectivity index (χ2v) is 25.5. The zero-order chi connectivity index (χ0) is 45.7. The minimum atomic E-state index is -1.64. The molecule has 0 aromatic heterocycles. The van der Waals surface area contributed by atoms with Crippen molar-refractivity contribution >= 4 is 14.3 Å². The van der Waals surface area contributed by atoms with Gasteiger partial charge in [-0.2, -0.15) is 0 Å². The van der Waals surface area contributed by atoms with Gasteiger partial charge in [0.1, 0.15) is 28.9 Å². The third-order valence-electron chi connectivity index (χ3n) is 12.6. The van der Waals surface area contributed by atoms with Gasteiger partial charge in [-0.1, -0.05) is 180 Å². The van der Waals surface area contributed by atoms with Crippen molar-refractivity contribution in [2.45, 2.75) is 190 Å². The fourth-order valence-corrected chi connectivity index (χ4v) is 9.83. The first-order valence-electron chi connectivity index (χ1n) is 22.3. The second kappa shape index (κ2) is 15.5. The minimum absolute atomic E-state index is 0.0123. The van der Waals surface area contributed by atoms with Gasteiger partial charge in [-0.15, -0.1) is 0 Å². The molecule has 61 heavy (non-hydrogen) atoms. The molecule has 0 amide bonds. The van der Waals surface area contributed by atoms with Crippen LogP contribution >= 0.6 is 8.38 Å². The minimum Gasteiger partial charge on any atom is -0.481 e. The lowest BCUT2D eigenvalue weighted by Crippen LogP contribution is -2.23. The summed E-state index contributed by atoms with van der Waals surface area (Å²) in [4.78, 5) is 13.9. The molecule has 4 aromatic rings. The number of carbonyl (C=O) groups excluding carboxylic acids is 1. The third kappa shape index (κ3) is 9.30. The Morgan fingerprint density at radius 3 is 1.23 bits per heavy atom. The predicted molar refractivity (Wildman–Crippen MR) is 256 cm³/mol. The number of ether oxygens (including phenoxy) is 2. The zero-order valence-corrected chi connectivity index (χ0v) is 42.4. The van der Waals surface area contributed by atoms with Gasteiger partial charge >= 0.3 is 14.3 Å². The van der Waals surface area contributed by atoms with E-state index in [2.05, 4.69) is 194 Å². The van der Waals surface area contributed by atoms with E-state index in [1.54, 1.807) is 0 Å². The van der Waals surface area contributed by atoms with E-state index in [0.717, 1.165) is 45.1 Å². The van der Waals surface area contributed by atoms with Gasteiger partial charge in [0.2, 0.25) is 0 Å². The summed E-state index contributed by atoms with van der Waals surface area (Å²) < 4.78 is 27.5. The molecule has 0 aliphatic carbocycles. The molecule has 0 radical (unpaired) electrons. The molecule has 2 aliphatic rings. The highest BCUT2D eigenvalue weighted by Crippen LogP contribution is 2.56. The van der Waals surface area contributed by atoms with Crippen LogP contribution in [0.1, 0.15) is 210 Å².